The molecule has 0 saturated heterocycles. The molecule has 0 bridgehead atoms. The fraction of sp³-hybridized carbons (Fsp3) is 0.200. The predicted molar refractivity (Wildman–Crippen MR) is 74.2 cm³/mol. The lowest BCUT2D eigenvalue weighted by Gasteiger charge is -2.11. The summed E-state index contributed by atoms with van der Waals surface area (Å²) in [5, 5.41) is 9.04. The van der Waals surface area contributed by atoms with Gasteiger partial charge in [-0.15, -0.1) is 0 Å². The van der Waals surface area contributed by atoms with Crippen molar-refractivity contribution in [3.8, 4) is 0 Å². The van der Waals surface area contributed by atoms with Crippen LogP contribution in [-0.2, 0) is 14.3 Å². The van der Waals surface area contributed by atoms with Crippen LogP contribution in [0.5, 0.6) is 0 Å². The Hall–Kier alpha value is -2.56. The van der Waals surface area contributed by atoms with Crippen LogP contribution in [0, 0.1) is 0 Å². The topological polar surface area (TPSA) is 72.8 Å². The van der Waals surface area contributed by atoms with Crippen LogP contribution < -0.4 is 0 Å². The van der Waals surface area contributed by atoms with Crippen molar-refractivity contribution >= 4 is 17.7 Å². The number of carboxylic acids is 1. The Labute approximate surface area is 117 Å². The highest BCUT2D eigenvalue weighted by Gasteiger charge is 2.12. The molecule has 0 spiro atoms. The molecule has 0 heterocycles. The summed E-state index contributed by atoms with van der Waals surface area (Å²) in [5.74, 6) is -1.33. The van der Waals surface area contributed by atoms with Gasteiger partial charge in [0, 0.05) is 11.1 Å². The van der Waals surface area contributed by atoms with Gasteiger partial charge in [-0.05, 0) is 13.0 Å². The number of carboxylic acid groups (broad SMARTS) is 1. The maximum Gasteiger partial charge on any atom is 0.336 e. The molecule has 0 radical (unpaired) electrons. The Balaban J connectivity index is 2.54. The second kappa shape index (κ2) is 7.13. The third-order valence-corrected chi connectivity index (χ3v) is 2.40. The van der Waals surface area contributed by atoms with E-state index in [1.165, 1.54) is 6.07 Å². The number of benzene rings is 1. The monoisotopic (exact) mass is 276 g/mol. The zero-order valence-corrected chi connectivity index (χ0v) is 11.2. The van der Waals surface area contributed by atoms with Gasteiger partial charge in [-0.1, -0.05) is 31.4 Å². The summed E-state index contributed by atoms with van der Waals surface area (Å²) in [6.45, 7) is 8.80. The lowest BCUT2D eigenvalue weighted by molar-refractivity contribution is -0.139. The van der Waals surface area contributed by atoms with E-state index in [9.17, 15) is 9.59 Å². The van der Waals surface area contributed by atoms with Gasteiger partial charge >= 0.3 is 11.9 Å². The van der Waals surface area contributed by atoms with Crippen LogP contribution in [0.4, 0.5) is 0 Å². The Kier molecular flexibility index (Phi) is 5.53. The Morgan fingerprint density at radius 2 is 1.65 bits per heavy atom. The molecule has 0 atom stereocenters. The predicted octanol–water partition coefficient (Wildman–Crippen LogP) is 2.49. The second-order valence-corrected chi connectivity index (χ2v) is 4.04. The minimum atomic E-state index is -1.06. The maximum atomic E-state index is 11.1. The van der Waals surface area contributed by atoms with E-state index in [4.69, 9.17) is 14.6 Å². The molecule has 1 aromatic rings. The molecule has 0 aliphatic carbocycles. The lowest BCUT2D eigenvalue weighted by atomic mass is 10.1. The van der Waals surface area contributed by atoms with Gasteiger partial charge in [0.1, 0.15) is 19.0 Å². The first-order valence-corrected chi connectivity index (χ1v) is 5.90. The van der Waals surface area contributed by atoms with Gasteiger partial charge in [0.2, 0.25) is 0 Å². The van der Waals surface area contributed by atoms with Gasteiger partial charge in [0.05, 0.1) is 5.56 Å². The van der Waals surface area contributed by atoms with Crippen LogP contribution in [0.15, 0.2) is 43.0 Å². The van der Waals surface area contributed by atoms with Crippen LogP contribution in [0.1, 0.15) is 22.8 Å². The molecule has 0 unspecified atom stereocenters. The minimum absolute atomic E-state index is 0.0416. The standard InChI is InChI=1S/C15H16O5/c1-10(2)15(18)20-9-8-19-11(3)12-6-4-5-7-13(12)14(16)17/h4-7H,1,3,8-9H2,2H3,(H,16,17). The molecule has 0 aromatic heterocycles. The number of aromatic carboxylic acids is 1. The van der Waals surface area contributed by atoms with Crippen LogP contribution in [-0.4, -0.2) is 30.3 Å². The van der Waals surface area contributed by atoms with E-state index in [-0.39, 0.29) is 24.5 Å². The van der Waals surface area contributed by atoms with Gasteiger partial charge in [-0.2, -0.15) is 0 Å². The summed E-state index contributed by atoms with van der Waals surface area (Å²) in [5.41, 5.74) is 0.808. The number of hydrogen-bond acceptors (Lipinski definition) is 4. The normalized spacial score (nSPS) is 9.65. The van der Waals surface area contributed by atoms with E-state index in [0.717, 1.165) is 0 Å². The molecule has 0 saturated carbocycles. The average Bonchev–Trinajstić information content (AvgIpc) is 2.42. The van der Waals surface area contributed by atoms with Gasteiger partial charge in [-0.3, -0.25) is 0 Å². The van der Waals surface area contributed by atoms with E-state index in [1.54, 1.807) is 25.1 Å². The molecular weight excluding hydrogens is 260 g/mol. The average molecular weight is 276 g/mol. The Morgan fingerprint density at radius 1 is 1.10 bits per heavy atom. The summed E-state index contributed by atoms with van der Waals surface area (Å²) in [4.78, 5) is 22.2. The quantitative estimate of drug-likeness (QED) is 0.358. The van der Waals surface area contributed by atoms with Crippen molar-refractivity contribution in [1.82, 2.24) is 0 Å². The van der Waals surface area contributed by atoms with E-state index < -0.39 is 11.9 Å². The molecule has 1 aromatic carbocycles. The number of carbonyl (C=O) groups excluding carboxylic acids is 1. The van der Waals surface area contributed by atoms with Crippen molar-refractivity contribution in [2.75, 3.05) is 13.2 Å². The molecule has 0 fully saturated rings. The second-order valence-electron chi connectivity index (χ2n) is 4.04. The lowest BCUT2D eigenvalue weighted by Crippen LogP contribution is -2.11. The molecule has 20 heavy (non-hydrogen) atoms. The van der Waals surface area contributed by atoms with Gasteiger partial charge in [0.15, 0.2) is 0 Å². The first kappa shape index (κ1) is 15.5. The molecule has 1 rings (SSSR count). The first-order chi connectivity index (χ1) is 9.43. The number of esters is 1. The SMILES string of the molecule is C=C(C)C(=O)OCCOC(=C)c1ccccc1C(=O)O. The van der Waals surface area contributed by atoms with Crippen molar-refractivity contribution in [3.63, 3.8) is 0 Å². The summed E-state index contributed by atoms with van der Waals surface area (Å²) in [7, 11) is 0. The highest BCUT2D eigenvalue weighted by molar-refractivity contribution is 5.93. The zero-order chi connectivity index (χ0) is 15.1. The molecule has 0 aliphatic rings. The third kappa shape index (κ3) is 4.28. The van der Waals surface area contributed by atoms with Crippen LogP contribution in [0.3, 0.4) is 0 Å². The van der Waals surface area contributed by atoms with E-state index in [2.05, 4.69) is 13.2 Å². The number of ether oxygens (including phenoxy) is 2. The van der Waals surface area contributed by atoms with E-state index >= 15 is 0 Å². The van der Waals surface area contributed by atoms with E-state index in [1.807, 2.05) is 0 Å². The molecule has 0 amide bonds. The Morgan fingerprint density at radius 3 is 2.20 bits per heavy atom. The largest absolute Gasteiger partial charge is 0.490 e. The summed E-state index contributed by atoms with van der Waals surface area (Å²) >= 11 is 0. The fourth-order valence-electron chi connectivity index (χ4n) is 1.41. The van der Waals surface area contributed by atoms with Crippen molar-refractivity contribution in [2.24, 2.45) is 0 Å². The van der Waals surface area contributed by atoms with Crippen LogP contribution in [0.2, 0.25) is 0 Å². The third-order valence-electron chi connectivity index (χ3n) is 2.40. The number of rotatable bonds is 7. The molecule has 5 nitrogen and oxygen atoms in total. The van der Waals surface area contributed by atoms with Crippen molar-refractivity contribution < 1.29 is 24.2 Å². The number of carbonyl (C=O) groups is 2. The van der Waals surface area contributed by atoms with Crippen molar-refractivity contribution in [2.45, 2.75) is 6.92 Å². The zero-order valence-electron chi connectivity index (χ0n) is 11.2. The van der Waals surface area contributed by atoms with Gasteiger partial charge in [0.25, 0.3) is 0 Å². The molecule has 1 N–H and O–H groups in total. The van der Waals surface area contributed by atoms with Crippen molar-refractivity contribution in [1.29, 1.82) is 0 Å². The van der Waals surface area contributed by atoms with Crippen molar-refractivity contribution in [3.05, 3.63) is 54.1 Å². The van der Waals surface area contributed by atoms with E-state index in [0.29, 0.717) is 11.1 Å². The molecular formula is C15H16O5. The van der Waals surface area contributed by atoms with Gasteiger partial charge in [-0.25, -0.2) is 9.59 Å². The Bertz CT molecular complexity index is 545. The molecule has 5 heteroatoms. The van der Waals surface area contributed by atoms with Gasteiger partial charge < -0.3 is 14.6 Å². The fourth-order valence-corrected chi connectivity index (χ4v) is 1.41. The highest BCUT2D eigenvalue weighted by atomic mass is 16.6. The minimum Gasteiger partial charge on any atom is -0.490 e. The smallest absolute Gasteiger partial charge is 0.336 e. The maximum absolute atomic E-state index is 11.1. The van der Waals surface area contributed by atoms with Crippen LogP contribution >= 0.6 is 0 Å². The summed E-state index contributed by atoms with van der Waals surface area (Å²) < 4.78 is 10.1. The molecule has 0 aliphatic heterocycles. The summed E-state index contributed by atoms with van der Waals surface area (Å²) in [6, 6.07) is 6.38. The first-order valence-electron chi connectivity index (χ1n) is 5.90. The highest BCUT2D eigenvalue weighted by Crippen LogP contribution is 2.18. The molecule has 106 valence electrons. The van der Waals surface area contributed by atoms with Crippen LogP contribution in [0.25, 0.3) is 5.76 Å². The number of hydrogen-bond donors (Lipinski definition) is 1. The summed E-state index contributed by atoms with van der Waals surface area (Å²) in [6.07, 6.45) is 0.